The van der Waals surface area contributed by atoms with Crippen LogP contribution in [-0.4, -0.2) is 18.2 Å². The summed E-state index contributed by atoms with van der Waals surface area (Å²) in [6, 6.07) is 0. The zero-order chi connectivity index (χ0) is 8.10. The van der Waals surface area contributed by atoms with Gasteiger partial charge in [0.15, 0.2) is 0 Å². The van der Waals surface area contributed by atoms with Gasteiger partial charge in [-0.1, -0.05) is 0 Å². The normalized spacial score (nSPS) is 21.5. The van der Waals surface area contributed by atoms with Crippen molar-refractivity contribution in [1.29, 1.82) is 0 Å². The SMILES string of the molecule is O=C1CCCNC(=O)CCC1. The summed E-state index contributed by atoms with van der Waals surface area (Å²) in [4.78, 5) is 21.8. The highest BCUT2D eigenvalue weighted by Gasteiger charge is 2.08. The van der Waals surface area contributed by atoms with E-state index in [2.05, 4.69) is 5.32 Å². The van der Waals surface area contributed by atoms with Gasteiger partial charge in [0.2, 0.25) is 5.91 Å². The molecular weight excluding hydrogens is 142 g/mol. The number of hydrogen-bond acceptors (Lipinski definition) is 2. The Morgan fingerprint density at radius 2 is 1.73 bits per heavy atom. The Balaban J connectivity index is 2.35. The van der Waals surface area contributed by atoms with Gasteiger partial charge in [-0.05, 0) is 12.8 Å². The van der Waals surface area contributed by atoms with Crippen molar-refractivity contribution in [2.24, 2.45) is 0 Å². The van der Waals surface area contributed by atoms with Gasteiger partial charge in [0.25, 0.3) is 0 Å². The maximum atomic E-state index is 11.0. The smallest absolute Gasteiger partial charge is 0.220 e. The van der Waals surface area contributed by atoms with E-state index in [9.17, 15) is 9.59 Å². The molecule has 3 nitrogen and oxygen atoms in total. The summed E-state index contributed by atoms with van der Waals surface area (Å²) in [5, 5.41) is 2.75. The minimum Gasteiger partial charge on any atom is -0.356 e. The predicted octanol–water partition coefficient (Wildman–Crippen LogP) is 0.636. The minimum absolute atomic E-state index is 0.0831. The van der Waals surface area contributed by atoms with Crippen LogP contribution in [0.25, 0.3) is 0 Å². The van der Waals surface area contributed by atoms with Gasteiger partial charge < -0.3 is 5.32 Å². The summed E-state index contributed by atoms with van der Waals surface area (Å²) in [6.07, 6.45) is 3.22. The molecule has 0 aromatic carbocycles. The third-order valence-electron chi connectivity index (χ3n) is 1.81. The molecule has 1 amide bonds. The van der Waals surface area contributed by atoms with Crippen LogP contribution in [0.15, 0.2) is 0 Å². The highest BCUT2D eigenvalue weighted by molar-refractivity contribution is 5.81. The van der Waals surface area contributed by atoms with Gasteiger partial charge in [0, 0.05) is 25.8 Å². The van der Waals surface area contributed by atoms with E-state index in [0.717, 1.165) is 6.42 Å². The summed E-state index contributed by atoms with van der Waals surface area (Å²) in [5.41, 5.74) is 0. The fraction of sp³-hybridized carbons (Fsp3) is 0.750. The maximum Gasteiger partial charge on any atom is 0.220 e. The molecule has 0 aromatic heterocycles. The van der Waals surface area contributed by atoms with Gasteiger partial charge in [0.1, 0.15) is 5.78 Å². The topological polar surface area (TPSA) is 46.2 Å². The molecular formula is C8H13NO2. The first-order valence-corrected chi connectivity index (χ1v) is 4.07. The summed E-state index contributed by atoms with van der Waals surface area (Å²) >= 11 is 0. The van der Waals surface area contributed by atoms with Crippen LogP contribution in [0.1, 0.15) is 32.1 Å². The van der Waals surface area contributed by atoms with Crippen molar-refractivity contribution < 1.29 is 9.59 Å². The molecule has 11 heavy (non-hydrogen) atoms. The summed E-state index contributed by atoms with van der Waals surface area (Å²) < 4.78 is 0. The van der Waals surface area contributed by atoms with Gasteiger partial charge in [-0.25, -0.2) is 0 Å². The van der Waals surface area contributed by atoms with Crippen molar-refractivity contribution in [2.75, 3.05) is 6.54 Å². The highest BCUT2D eigenvalue weighted by Crippen LogP contribution is 2.03. The fourth-order valence-electron chi connectivity index (χ4n) is 1.17. The zero-order valence-corrected chi connectivity index (χ0v) is 6.56. The van der Waals surface area contributed by atoms with E-state index in [-0.39, 0.29) is 5.91 Å². The van der Waals surface area contributed by atoms with Gasteiger partial charge >= 0.3 is 0 Å². The molecule has 1 fully saturated rings. The Morgan fingerprint density at radius 1 is 1.00 bits per heavy atom. The average molecular weight is 155 g/mol. The fourth-order valence-corrected chi connectivity index (χ4v) is 1.17. The lowest BCUT2D eigenvalue weighted by molar-refractivity contribution is -0.121. The molecule has 1 heterocycles. The van der Waals surface area contributed by atoms with Crippen LogP contribution >= 0.6 is 0 Å². The van der Waals surface area contributed by atoms with Gasteiger partial charge in [-0.2, -0.15) is 0 Å². The molecule has 0 atom stereocenters. The number of ketones is 1. The first-order chi connectivity index (χ1) is 5.29. The zero-order valence-electron chi connectivity index (χ0n) is 6.56. The van der Waals surface area contributed by atoms with Crippen molar-refractivity contribution in [3.63, 3.8) is 0 Å². The lowest BCUT2D eigenvalue weighted by Gasteiger charge is -1.98. The molecule has 0 bridgehead atoms. The van der Waals surface area contributed by atoms with Gasteiger partial charge in [-0.3, -0.25) is 9.59 Å². The number of rotatable bonds is 0. The number of amides is 1. The number of Topliss-reactive ketones (excluding diaryl/α,β-unsaturated/α-hetero) is 1. The second kappa shape index (κ2) is 4.11. The lowest BCUT2D eigenvalue weighted by Crippen LogP contribution is -2.23. The van der Waals surface area contributed by atoms with E-state index in [4.69, 9.17) is 0 Å². The van der Waals surface area contributed by atoms with Crippen LogP contribution in [0.3, 0.4) is 0 Å². The summed E-state index contributed by atoms with van der Waals surface area (Å²) in [5.74, 6) is 0.376. The molecule has 1 N–H and O–H groups in total. The molecule has 3 heteroatoms. The van der Waals surface area contributed by atoms with E-state index in [0.29, 0.717) is 38.0 Å². The molecule has 62 valence electrons. The second-order valence-corrected chi connectivity index (χ2v) is 2.85. The maximum absolute atomic E-state index is 11.0. The molecule has 0 unspecified atom stereocenters. The minimum atomic E-state index is 0.0831. The van der Waals surface area contributed by atoms with E-state index < -0.39 is 0 Å². The van der Waals surface area contributed by atoms with E-state index in [1.807, 2.05) is 0 Å². The van der Waals surface area contributed by atoms with Gasteiger partial charge in [0.05, 0.1) is 0 Å². The lowest BCUT2D eigenvalue weighted by atomic mass is 10.1. The number of hydrogen-bond donors (Lipinski definition) is 1. The molecule has 0 saturated carbocycles. The van der Waals surface area contributed by atoms with Crippen LogP contribution in [0.2, 0.25) is 0 Å². The van der Waals surface area contributed by atoms with Crippen molar-refractivity contribution in [2.45, 2.75) is 32.1 Å². The van der Waals surface area contributed by atoms with Crippen molar-refractivity contribution >= 4 is 11.7 Å². The van der Waals surface area contributed by atoms with E-state index >= 15 is 0 Å². The largest absolute Gasteiger partial charge is 0.356 e. The highest BCUT2D eigenvalue weighted by atomic mass is 16.1. The van der Waals surface area contributed by atoms with Crippen molar-refractivity contribution in [3.8, 4) is 0 Å². The first-order valence-electron chi connectivity index (χ1n) is 4.07. The Labute approximate surface area is 66.2 Å². The molecule has 0 spiro atoms. The molecule has 1 saturated heterocycles. The van der Waals surface area contributed by atoms with Crippen LogP contribution in [-0.2, 0) is 9.59 Å². The predicted molar refractivity (Wildman–Crippen MR) is 41.1 cm³/mol. The van der Waals surface area contributed by atoms with Crippen molar-refractivity contribution in [3.05, 3.63) is 0 Å². The Morgan fingerprint density at radius 3 is 2.55 bits per heavy atom. The molecule has 0 radical (unpaired) electrons. The molecule has 1 aliphatic rings. The van der Waals surface area contributed by atoms with Crippen molar-refractivity contribution in [1.82, 2.24) is 5.32 Å². The molecule has 0 aromatic rings. The number of carbonyl (C=O) groups excluding carboxylic acids is 2. The Hall–Kier alpha value is -0.860. The first kappa shape index (κ1) is 8.24. The third-order valence-corrected chi connectivity index (χ3v) is 1.81. The summed E-state index contributed by atoms with van der Waals surface area (Å²) in [6.45, 7) is 0.657. The number of nitrogens with one attached hydrogen (secondary N) is 1. The molecule has 1 aliphatic heterocycles. The second-order valence-electron chi connectivity index (χ2n) is 2.85. The third kappa shape index (κ3) is 3.16. The summed E-state index contributed by atoms with van der Waals surface area (Å²) in [7, 11) is 0. The van der Waals surface area contributed by atoms with Crippen LogP contribution < -0.4 is 5.32 Å². The quantitative estimate of drug-likeness (QED) is 0.558. The molecule has 1 rings (SSSR count). The molecule has 0 aliphatic carbocycles. The Bertz CT molecular complexity index is 147. The van der Waals surface area contributed by atoms with Crippen LogP contribution in [0.4, 0.5) is 0 Å². The standard InChI is InChI=1S/C8H13NO2/c10-7-3-1-5-8(11)9-6-2-4-7/h1-6H2,(H,9,11). The van der Waals surface area contributed by atoms with Crippen LogP contribution in [0.5, 0.6) is 0 Å². The average Bonchev–Trinajstić information content (AvgIpc) is 2.04. The van der Waals surface area contributed by atoms with Crippen LogP contribution in [0, 0.1) is 0 Å². The number of carbonyl (C=O) groups is 2. The van der Waals surface area contributed by atoms with E-state index in [1.165, 1.54) is 0 Å². The Kier molecular flexibility index (Phi) is 3.08. The van der Waals surface area contributed by atoms with E-state index in [1.54, 1.807) is 0 Å². The monoisotopic (exact) mass is 155 g/mol. The van der Waals surface area contributed by atoms with Gasteiger partial charge in [-0.15, -0.1) is 0 Å².